The van der Waals surface area contributed by atoms with Gasteiger partial charge in [-0.1, -0.05) is 42.5 Å². The van der Waals surface area contributed by atoms with Gasteiger partial charge in [0.1, 0.15) is 11.4 Å². The van der Waals surface area contributed by atoms with Gasteiger partial charge in [-0.2, -0.15) is 12.6 Å². The number of hydrogen-bond acceptors (Lipinski definition) is 3. The molecule has 3 rings (SSSR count). The molecule has 0 radical (unpaired) electrons. The lowest BCUT2D eigenvalue weighted by Gasteiger charge is -2.37. The van der Waals surface area contributed by atoms with Crippen molar-refractivity contribution in [3.05, 3.63) is 65.7 Å². The van der Waals surface area contributed by atoms with Crippen molar-refractivity contribution in [1.29, 1.82) is 0 Å². The maximum absolute atomic E-state index is 12.3. The standard InChI is InChI=1S/C16H14O2S/c17-14-10-16(11-19,12-6-2-1-3-7-12)18-15-9-5-4-8-13(14)15/h1-9,19H,10-11H2. The van der Waals surface area contributed by atoms with Gasteiger partial charge in [-0.15, -0.1) is 0 Å². The summed E-state index contributed by atoms with van der Waals surface area (Å²) in [4.78, 5) is 12.3. The molecule has 1 aliphatic heterocycles. The Morgan fingerprint density at radius 2 is 1.74 bits per heavy atom. The van der Waals surface area contributed by atoms with Gasteiger partial charge in [0.05, 0.1) is 12.0 Å². The van der Waals surface area contributed by atoms with Crippen molar-refractivity contribution in [2.24, 2.45) is 0 Å². The number of para-hydroxylation sites is 1. The number of hydrogen-bond donors (Lipinski definition) is 1. The van der Waals surface area contributed by atoms with E-state index in [4.69, 9.17) is 4.74 Å². The molecule has 0 saturated carbocycles. The highest BCUT2D eigenvalue weighted by molar-refractivity contribution is 7.80. The summed E-state index contributed by atoms with van der Waals surface area (Å²) in [5.74, 6) is 1.23. The molecule has 0 aromatic heterocycles. The molecule has 96 valence electrons. The van der Waals surface area contributed by atoms with Crippen LogP contribution in [-0.2, 0) is 5.60 Å². The molecule has 0 aliphatic carbocycles. The Hall–Kier alpha value is -1.74. The van der Waals surface area contributed by atoms with Crippen LogP contribution in [0.1, 0.15) is 22.3 Å². The summed E-state index contributed by atoms with van der Waals surface area (Å²) in [5.41, 5.74) is 0.999. The van der Waals surface area contributed by atoms with E-state index in [0.29, 0.717) is 23.5 Å². The van der Waals surface area contributed by atoms with Gasteiger partial charge in [-0.05, 0) is 17.7 Å². The van der Waals surface area contributed by atoms with Crippen LogP contribution >= 0.6 is 12.6 Å². The first-order valence-electron chi connectivity index (χ1n) is 6.23. The van der Waals surface area contributed by atoms with Crippen LogP contribution in [0.25, 0.3) is 0 Å². The molecule has 0 bridgehead atoms. The van der Waals surface area contributed by atoms with Gasteiger partial charge in [-0.25, -0.2) is 0 Å². The largest absolute Gasteiger partial charge is 0.480 e. The minimum Gasteiger partial charge on any atom is -0.480 e. The second kappa shape index (κ2) is 4.74. The first kappa shape index (κ1) is 12.3. The van der Waals surface area contributed by atoms with Crippen LogP contribution in [0.3, 0.4) is 0 Å². The van der Waals surface area contributed by atoms with Crippen LogP contribution in [0.2, 0.25) is 0 Å². The lowest BCUT2D eigenvalue weighted by atomic mass is 9.85. The number of carbonyl (C=O) groups excluding carboxylic acids is 1. The fourth-order valence-electron chi connectivity index (χ4n) is 2.47. The van der Waals surface area contributed by atoms with Crippen LogP contribution in [0, 0.1) is 0 Å². The van der Waals surface area contributed by atoms with E-state index >= 15 is 0 Å². The molecule has 0 fully saturated rings. The zero-order chi connectivity index (χ0) is 13.3. The van der Waals surface area contributed by atoms with Crippen LogP contribution in [0.15, 0.2) is 54.6 Å². The molecule has 2 aromatic carbocycles. The number of ketones is 1. The third-order valence-electron chi connectivity index (χ3n) is 3.49. The van der Waals surface area contributed by atoms with Crippen molar-refractivity contribution in [3.63, 3.8) is 0 Å². The number of thiol groups is 1. The summed E-state index contributed by atoms with van der Waals surface area (Å²) in [6.45, 7) is 0. The third kappa shape index (κ3) is 2.04. The van der Waals surface area contributed by atoms with E-state index in [9.17, 15) is 4.79 Å². The predicted molar refractivity (Wildman–Crippen MR) is 78.0 cm³/mol. The molecule has 1 heterocycles. The Morgan fingerprint density at radius 3 is 2.47 bits per heavy atom. The monoisotopic (exact) mass is 270 g/mol. The number of Topliss-reactive ketones (excluding diaryl/α,β-unsaturated/α-hetero) is 1. The van der Waals surface area contributed by atoms with Gasteiger partial charge in [0.25, 0.3) is 0 Å². The summed E-state index contributed by atoms with van der Waals surface area (Å²) in [5, 5.41) is 0. The summed E-state index contributed by atoms with van der Waals surface area (Å²) >= 11 is 4.42. The normalized spacial score (nSPS) is 21.6. The number of benzene rings is 2. The second-order valence-electron chi connectivity index (χ2n) is 4.72. The lowest BCUT2D eigenvalue weighted by molar-refractivity contribution is 0.0534. The van der Waals surface area contributed by atoms with Gasteiger partial charge in [-0.3, -0.25) is 4.79 Å². The SMILES string of the molecule is O=C1CC(CS)(c2ccccc2)Oc2ccccc21. The lowest BCUT2D eigenvalue weighted by Crippen LogP contribution is -2.41. The predicted octanol–water partition coefficient (Wildman–Crippen LogP) is 3.48. The minimum absolute atomic E-state index is 0.111. The highest BCUT2D eigenvalue weighted by Crippen LogP contribution is 2.40. The van der Waals surface area contributed by atoms with Crippen molar-refractivity contribution in [2.45, 2.75) is 12.0 Å². The van der Waals surface area contributed by atoms with E-state index in [1.54, 1.807) is 0 Å². The van der Waals surface area contributed by atoms with Crippen molar-refractivity contribution in [3.8, 4) is 5.75 Å². The zero-order valence-electron chi connectivity index (χ0n) is 10.4. The maximum Gasteiger partial charge on any atom is 0.170 e. The molecular weight excluding hydrogens is 256 g/mol. The molecule has 19 heavy (non-hydrogen) atoms. The number of fused-ring (bicyclic) bond motifs is 1. The van der Waals surface area contributed by atoms with Gasteiger partial charge in [0, 0.05) is 5.75 Å². The molecule has 1 atom stereocenters. The van der Waals surface area contributed by atoms with Crippen LogP contribution in [-0.4, -0.2) is 11.5 Å². The molecule has 0 amide bonds. The Bertz CT molecular complexity index is 609. The molecule has 3 heteroatoms. The fraction of sp³-hybridized carbons (Fsp3) is 0.188. The average molecular weight is 270 g/mol. The number of ether oxygens (including phenoxy) is 1. The van der Waals surface area contributed by atoms with Gasteiger partial charge in [0.2, 0.25) is 0 Å². The first-order valence-corrected chi connectivity index (χ1v) is 6.86. The fourth-order valence-corrected chi connectivity index (χ4v) is 2.83. The Kier molecular flexibility index (Phi) is 3.07. The molecule has 1 aliphatic rings. The molecular formula is C16H14O2S. The third-order valence-corrected chi connectivity index (χ3v) is 4.01. The van der Waals surface area contributed by atoms with Crippen LogP contribution < -0.4 is 4.74 Å². The molecule has 1 unspecified atom stereocenters. The van der Waals surface area contributed by atoms with E-state index in [0.717, 1.165) is 5.56 Å². The molecule has 2 nitrogen and oxygen atoms in total. The molecule has 0 spiro atoms. The molecule has 0 saturated heterocycles. The van der Waals surface area contributed by atoms with Gasteiger partial charge >= 0.3 is 0 Å². The van der Waals surface area contributed by atoms with Crippen molar-refractivity contribution < 1.29 is 9.53 Å². The number of rotatable bonds is 2. The second-order valence-corrected chi connectivity index (χ2v) is 5.03. The topological polar surface area (TPSA) is 26.3 Å². The minimum atomic E-state index is -0.657. The van der Waals surface area contributed by atoms with E-state index < -0.39 is 5.60 Å². The van der Waals surface area contributed by atoms with Crippen molar-refractivity contribution in [1.82, 2.24) is 0 Å². The molecule has 2 aromatic rings. The van der Waals surface area contributed by atoms with Crippen molar-refractivity contribution >= 4 is 18.4 Å². The summed E-state index contributed by atoms with van der Waals surface area (Å²) < 4.78 is 6.13. The quantitative estimate of drug-likeness (QED) is 0.846. The van der Waals surface area contributed by atoms with Gasteiger partial charge in [0.15, 0.2) is 5.78 Å². The smallest absolute Gasteiger partial charge is 0.170 e. The summed E-state index contributed by atoms with van der Waals surface area (Å²) in [6, 6.07) is 17.2. The van der Waals surface area contributed by atoms with Crippen molar-refractivity contribution in [2.75, 3.05) is 5.75 Å². The van der Waals surface area contributed by atoms with E-state index in [2.05, 4.69) is 12.6 Å². The van der Waals surface area contributed by atoms with E-state index in [-0.39, 0.29) is 5.78 Å². The summed E-state index contributed by atoms with van der Waals surface area (Å²) in [7, 11) is 0. The zero-order valence-corrected chi connectivity index (χ0v) is 11.3. The Labute approximate surface area is 117 Å². The highest BCUT2D eigenvalue weighted by atomic mass is 32.1. The Morgan fingerprint density at radius 1 is 1.05 bits per heavy atom. The Balaban J connectivity index is 2.09. The van der Waals surface area contributed by atoms with Crippen LogP contribution in [0.5, 0.6) is 5.75 Å². The first-order chi connectivity index (χ1) is 9.25. The van der Waals surface area contributed by atoms with Gasteiger partial charge < -0.3 is 4.74 Å². The van der Waals surface area contributed by atoms with E-state index in [1.165, 1.54) is 0 Å². The number of carbonyl (C=O) groups is 1. The maximum atomic E-state index is 12.3. The molecule has 0 N–H and O–H groups in total. The average Bonchev–Trinajstić information content (AvgIpc) is 2.48. The summed E-state index contributed by atoms with van der Waals surface area (Å²) in [6.07, 6.45) is 0.331. The highest BCUT2D eigenvalue weighted by Gasteiger charge is 2.40. The van der Waals surface area contributed by atoms with Crippen LogP contribution in [0.4, 0.5) is 0 Å². The van der Waals surface area contributed by atoms with E-state index in [1.807, 2.05) is 54.6 Å².